The van der Waals surface area contributed by atoms with Gasteiger partial charge < -0.3 is 18.9 Å². The van der Waals surface area contributed by atoms with Gasteiger partial charge in [0.15, 0.2) is 11.5 Å². The van der Waals surface area contributed by atoms with Crippen LogP contribution in [0.25, 0.3) is 11.1 Å². The fourth-order valence-corrected chi connectivity index (χ4v) is 11.5. The molecule has 80 heavy (non-hydrogen) atoms. The van der Waals surface area contributed by atoms with Crippen LogP contribution in [0.1, 0.15) is 350 Å². The summed E-state index contributed by atoms with van der Waals surface area (Å²) in [6.07, 6.45) is 66.0. The van der Waals surface area contributed by atoms with Crippen molar-refractivity contribution in [2.24, 2.45) is 0 Å². The fraction of sp³-hybridized carbons (Fsp3) is 0.747. The third kappa shape index (κ3) is 37.6. The van der Waals surface area contributed by atoms with Crippen molar-refractivity contribution in [2.75, 3.05) is 26.9 Å². The third-order valence-electron chi connectivity index (χ3n) is 16.8. The molecule has 0 aliphatic carbocycles. The fourth-order valence-electron chi connectivity index (χ4n) is 11.5. The van der Waals surface area contributed by atoms with Gasteiger partial charge in [0.1, 0.15) is 0 Å². The molecule has 0 aliphatic rings. The number of unbranched alkanes of at least 4 members (excludes halogenated alkanes) is 45. The molecule has 3 aromatic rings. The highest BCUT2D eigenvalue weighted by Crippen LogP contribution is 2.40. The Morgan fingerprint density at radius 2 is 0.550 bits per heavy atom. The SMILES string of the molecule is CCCCCCCCCCCCCCCCCCOc1cc(Cc2ccc(-c3ccc(C(=O)OC)cc3)cc2)cc(OCCCCCCCCCCCCCCCCCC)c1OCCCCCCCCCCCCCCCCCC. The minimum atomic E-state index is -0.315. The summed E-state index contributed by atoms with van der Waals surface area (Å²) in [5, 5.41) is 0. The van der Waals surface area contributed by atoms with Crippen molar-refractivity contribution in [3.8, 4) is 28.4 Å². The molecule has 5 heteroatoms. The van der Waals surface area contributed by atoms with Crippen molar-refractivity contribution in [1.29, 1.82) is 0 Å². The van der Waals surface area contributed by atoms with E-state index in [1.807, 2.05) is 24.3 Å². The molecule has 0 radical (unpaired) electrons. The second-order valence-electron chi connectivity index (χ2n) is 24.3. The summed E-state index contributed by atoms with van der Waals surface area (Å²) in [7, 11) is 1.42. The largest absolute Gasteiger partial charge is 0.490 e. The van der Waals surface area contributed by atoms with Gasteiger partial charge in [-0.25, -0.2) is 4.79 Å². The summed E-state index contributed by atoms with van der Waals surface area (Å²) >= 11 is 0. The molecule has 0 fully saturated rings. The number of esters is 1. The van der Waals surface area contributed by atoms with E-state index in [4.69, 9.17) is 18.9 Å². The van der Waals surface area contributed by atoms with Crippen LogP contribution in [0.4, 0.5) is 0 Å². The molecule has 3 aromatic carbocycles. The van der Waals surface area contributed by atoms with Gasteiger partial charge >= 0.3 is 5.97 Å². The molecular weight excluding hydrogens is 981 g/mol. The lowest BCUT2D eigenvalue weighted by molar-refractivity contribution is 0.0600. The van der Waals surface area contributed by atoms with Crippen LogP contribution < -0.4 is 14.2 Å². The number of rotatable bonds is 58. The quantitative estimate of drug-likeness (QED) is 0.0416. The predicted octanol–water partition coefficient (Wildman–Crippen LogP) is 24.7. The monoisotopic (exact) mass is 1110 g/mol. The molecule has 0 saturated heterocycles. The van der Waals surface area contributed by atoms with Crippen LogP contribution in [0.5, 0.6) is 17.2 Å². The van der Waals surface area contributed by atoms with E-state index in [-0.39, 0.29) is 5.97 Å². The summed E-state index contributed by atoms with van der Waals surface area (Å²) < 4.78 is 25.2. The maximum Gasteiger partial charge on any atom is 0.337 e. The van der Waals surface area contributed by atoms with Gasteiger partial charge in [-0.05, 0) is 72.2 Å². The molecule has 0 unspecified atom stereocenters. The van der Waals surface area contributed by atoms with Crippen LogP contribution >= 0.6 is 0 Å². The predicted molar refractivity (Wildman–Crippen MR) is 348 cm³/mol. The van der Waals surface area contributed by atoms with Gasteiger partial charge in [0.2, 0.25) is 5.75 Å². The van der Waals surface area contributed by atoms with Crippen molar-refractivity contribution in [3.63, 3.8) is 0 Å². The van der Waals surface area contributed by atoms with Gasteiger partial charge in [0, 0.05) is 0 Å². The van der Waals surface area contributed by atoms with Crippen LogP contribution in [0.3, 0.4) is 0 Å². The standard InChI is InChI=1S/C75H126O5/c1-5-8-11-14-17-20-23-26-29-32-35-38-41-44-47-50-61-78-72-65-68(64-67-53-55-69(56-54-67)70-57-59-71(60-58-70)75(76)77-4)66-73(79-62-51-48-45-42-39-36-33-30-27-24-21-18-15-12-9-6-2)74(72)80-63-52-49-46-43-40-37-34-31-28-25-22-19-16-13-10-7-3/h53-60,65-66H,5-52,61-64H2,1-4H3. The highest BCUT2D eigenvalue weighted by molar-refractivity contribution is 5.90. The Morgan fingerprint density at radius 1 is 0.300 bits per heavy atom. The Kier molecular flexibility index (Phi) is 46.3. The van der Waals surface area contributed by atoms with Crippen LogP contribution in [0.15, 0.2) is 60.7 Å². The van der Waals surface area contributed by atoms with E-state index < -0.39 is 0 Å². The minimum absolute atomic E-state index is 0.315. The second-order valence-corrected chi connectivity index (χ2v) is 24.3. The van der Waals surface area contributed by atoms with Gasteiger partial charge in [-0.3, -0.25) is 0 Å². The first-order valence-electron chi connectivity index (χ1n) is 34.9. The smallest absolute Gasteiger partial charge is 0.337 e. The number of hydrogen-bond acceptors (Lipinski definition) is 5. The first-order valence-corrected chi connectivity index (χ1v) is 34.9. The number of benzene rings is 3. The van der Waals surface area contributed by atoms with Crippen molar-refractivity contribution < 1.29 is 23.7 Å². The Bertz CT molecular complexity index is 1760. The molecule has 3 rings (SSSR count). The van der Waals surface area contributed by atoms with E-state index in [1.54, 1.807) is 0 Å². The van der Waals surface area contributed by atoms with E-state index in [0.717, 1.165) is 54.1 Å². The summed E-state index contributed by atoms with van der Waals surface area (Å²) in [5.41, 5.74) is 5.16. The minimum Gasteiger partial charge on any atom is -0.490 e. The van der Waals surface area contributed by atoms with E-state index in [1.165, 1.54) is 307 Å². The summed E-state index contributed by atoms with van der Waals surface area (Å²) in [5.74, 6) is 2.16. The average molecular weight is 1110 g/mol. The molecule has 0 bridgehead atoms. The molecule has 0 spiro atoms. The van der Waals surface area contributed by atoms with Crippen LogP contribution in [-0.2, 0) is 11.2 Å². The zero-order valence-electron chi connectivity index (χ0n) is 53.1. The molecule has 456 valence electrons. The number of methoxy groups -OCH3 is 1. The zero-order valence-corrected chi connectivity index (χ0v) is 53.1. The average Bonchev–Trinajstić information content (AvgIpc) is 3.49. The third-order valence-corrected chi connectivity index (χ3v) is 16.8. The maximum absolute atomic E-state index is 12.1. The number of ether oxygens (including phenoxy) is 4. The van der Waals surface area contributed by atoms with Crippen LogP contribution in [0, 0.1) is 0 Å². The van der Waals surface area contributed by atoms with E-state index in [2.05, 4.69) is 57.2 Å². The molecule has 0 aliphatic heterocycles. The van der Waals surface area contributed by atoms with E-state index in [0.29, 0.717) is 25.4 Å². The van der Waals surface area contributed by atoms with Gasteiger partial charge in [0.05, 0.1) is 32.5 Å². The Morgan fingerprint density at radius 3 is 0.825 bits per heavy atom. The number of carbonyl (C=O) groups excluding carboxylic acids is 1. The maximum atomic E-state index is 12.1. The Hall–Kier alpha value is -3.47. The van der Waals surface area contributed by atoms with Gasteiger partial charge in [0.25, 0.3) is 0 Å². The van der Waals surface area contributed by atoms with Crippen molar-refractivity contribution in [3.05, 3.63) is 77.4 Å². The zero-order chi connectivity index (χ0) is 56.9. The molecule has 0 amide bonds. The molecule has 5 nitrogen and oxygen atoms in total. The normalized spacial score (nSPS) is 11.4. The molecule has 0 N–H and O–H groups in total. The topological polar surface area (TPSA) is 54.0 Å². The lowest BCUT2D eigenvalue weighted by Gasteiger charge is -2.19. The Balaban J connectivity index is 1.57. The van der Waals surface area contributed by atoms with E-state index >= 15 is 0 Å². The summed E-state index contributed by atoms with van der Waals surface area (Å²) in [4.78, 5) is 12.1. The van der Waals surface area contributed by atoms with Gasteiger partial charge in [-0.15, -0.1) is 0 Å². The van der Waals surface area contributed by atoms with Crippen molar-refractivity contribution in [2.45, 2.75) is 335 Å². The summed E-state index contributed by atoms with van der Waals surface area (Å²) in [6.45, 7) is 8.99. The number of hydrogen-bond donors (Lipinski definition) is 0. The van der Waals surface area contributed by atoms with Crippen LogP contribution in [0.2, 0.25) is 0 Å². The Labute approximate surface area is 495 Å². The lowest BCUT2D eigenvalue weighted by atomic mass is 9.99. The first kappa shape index (κ1) is 70.8. The molecule has 0 aromatic heterocycles. The lowest BCUT2D eigenvalue weighted by Crippen LogP contribution is -2.07. The van der Waals surface area contributed by atoms with E-state index in [9.17, 15) is 4.79 Å². The van der Waals surface area contributed by atoms with Gasteiger partial charge in [-0.2, -0.15) is 0 Å². The highest BCUT2D eigenvalue weighted by atomic mass is 16.5. The molecule has 0 atom stereocenters. The van der Waals surface area contributed by atoms with Crippen molar-refractivity contribution in [1.82, 2.24) is 0 Å². The number of carbonyl (C=O) groups is 1. The first-order chi connectivity index (χ1) is 39.6. The van der Waals surface area contributed by atoms with Crippen LogP contribution in [-0.4, -0.2) is 32.9 Å². The second kappa shape index (κ2) is 52.3. The molecule has 0 saturated carbocycles. The molecular formula is C75H126O5. The van der Waals surface area contributed by atoms with Crippen molar-refractivity contribution >= 4 is 5.97 Å². The molecule has 0 heterocycles. The summed E-state index contributed by atoms with van der Waals surface area (Å²) in [6, 6.07) is 20.9. The highest BCUT2D eigenvalue weighted by Gasteiger charge is 2.17. The van der Waals surface area contributed by atoms with Gasteiger partial charge in [-0.1, -0.05) is 346 Å².